The number of hydrogen-bond acceptors (Lipinski definition) is 5. The number of nitrogens with zero attached hydrogens (tertiary/aromatic N) is 1. The fourth-order valence-corrected chi connectivity index (χ4v) is 2.66. The van der Waals surface area contributed by atoms with E-state index in [1.54, 1.807) is 5.32 Å². The average Bonchev–Trinajstić information content (AvgIpc) is 2.46. The number of carbonyl (C=O) groups is 1. The molecule has 2 rings (SSSR count). The van der Waals surface area contributed by atoms with E-state index in [0.717, 1.165) is 0 Å². The smallest absolute Gasteiger partial charge is 0.437 e. The number of carbonyl (C=O) groups excluding carboxylic acids is 1. The van der Waals surface area contributed by atoms with E-state index in [-0.39, 0.29) is 12.2 Å². The molecular weight excluding hydrogens is 335 g/mol. The summed E-state index contributed by atoms with van der Waals surface area (Å²) in [6, 6.07) is 1.72. The van der Waals surface area contributed by atoms with Crippen molar-refractivity contribution in [1.82, 2.24) is 15.6 Å². The topological polar surface area (TPSA) is 83.5 Å². The number of halogens is 3. The van der Waals surface area contributed by atoms with E-state index < -0.39 is 34.9 Å². The lowest BCUT2D eigenvalue weighted by molar-refractivity contribution is -0.292. The first kappa shape index (κ1) is 17.4. The highest BCUT2D eigenvalue weighted by molar-refractivity contribution is 7.80. The molecule has 3 N–H and O–H groups in total. The Kier molecular flexibility index (Phi) is 4.76. The lowest BCUT2D eigenvalue weighted by Crippen LogP contribution is -2.73. The first-order chi connectivity index (χ1) is 10.7. The fourth-order valence-electron chi connectivity index (χ4n) is 2.37. The minimum atomic E-state index is -5.16. The van der Waals surface area contributed by atoms with Crippen molar-refractivity contribution >= 4 is 23.3 Å². The summed E-state index contributed by atoms with van der Waals surface area (Å²) >= 11 is 4.75. The summed E-state index contributed by atoms with van der Waals surface area (Å²) in [7, 11) is 0. The molecule has 0 spiro atoms. The second-order valence-electron chi connectivity index (χ2n) is 4.86. The van der Waals surface area contributed by atoms with Gasteiger partial charge in [-0.1, -0.05) is 6.07 Å². The highest BCUT2D eigenvalue weighted by Crippen LogP contribution is 2.42. The van der Waals surface area contributed by atoms with Crippen LogP contribution in [0.3, 0.4) is 0 Å². The largest absolute Gasteiger partial charge is 0.466 e. The maximum absolute atomic E-state index is 13.4. The Bertz CT molecular complexity index is 599. The molecule has 0 radical (unpaired) electrons. The van der Waals surface area contributed by atoms with Crippen molar-refractivity contribution in [2.24, 2.45) is 5.92 Å². The molecule has 3 atom stereocenters. The Hall–Kier alpha value is -1.94. The molecule has 0 saturated carbocycles. The van der Waals surface area contributed by atoms with E-state index in [0.29, 0.717) is 0 Å². The van der Waals surface area contributed by atoms with Crippen molar-refractivity contribution in [2.75, 3.05) is 6.61 Å². The van der Waals surface area contributed by atoms with Gasteiger partial charge < -0.3 is 20.5 Å². The molecule has 1 aromatic rings. The molecule has 0 unspecified atom stereocenters. The van der Waals surface area contributed by atoms with Crippen LogP contribution in [-0.4, -0.2) is 39.7 Å². The quantitative estimate of drug-likeness (QED) is 0.555. The lowest BCUT2D eigenvalue weighted by Gasteiger charge is -2.45. The summed E-state index contributed by atoms with van der Waals surface area (Å²) in [5.74, 6) is -3.21. The van der Waals surface area contributed by atoms with Gasteiger partial charge in [0, 0.05) is 12.4 Å². The van der Waals surface area contributed by atoms with Gasteiger partial charge in [-0.25, -0.2) is 0 Å². The maximum atomic E-state index is 13.4. The van der Waals surface area contributed by atoms with Gasteiger partial charge in [-0.05, 0) is 30.8 Å². The van der Waals surface area contributed by atoms with Crippen molar-refractivity contribution in [3.63, 3.8) is 0 Å². The van der Waals surface area contributed by atoms with E-state index in [1.165, 1.54) is 31.5 Å². The van der Waals surface area contributed by atoms with Crippen molar-refractivity contribution in [2.45, 2.75) is 24.9 Å². The standard InChI is InChI=1S/C13H14F3N3O3S/c1-2-22-10(20)8-9(7-4-3-5-17-6-7)18-11(23)19-12(8,21)13(14,15)16/h3-6,8-9,21H,2H2,1H3,(H2,18,19,23)/t8-,9+,12+/m0/s1. The maximum Gasteiger partial charge on any atom is 0.437 e. The molecule has 23 heavy (non-hydrogen) atoms. The molecule has 1 fully saturated rings. The van der Waals surface area contributed by atoms with E-state index >= 15 is 0 Å². The van der Waals surface area contributed by atoms with Crippen molar-refractivity contribution in [1.29, 1.82) is 0 Å². The number of aliphatic hydroxyl groups is 1. The van der Waals surface area contributed by atoms with Crippen molar-refractivity contribution in [3.8, 4) is 0 Å². The highest BCUT2D eigenvalue weighted by atomic mass is 32.1. The average molecular weight is 349 g/mol. The van der Waals surface area contributed by atoms with Gasteiger partial charge in [-0.3, -0.25) is 9.78 Å². The van der Waals surface area contributed by atoms with Crippen LogP contribution in [0.1, 0.15) is 18.5 Å². The summed E-state index contributed by atoms with van der Waals surface area (Å²) < 4.78 is 45.0. The predicted octanol–water partition coefficient (Wildman–Crippen LogP) is 1.03. The molecular formula is C13H14F3N3O3S. The van der Waals surface area contributed by atoms with Crippen LogP contribution in [-0.2, 0) is 9.53 Å². The van der Waals surface area contributed by atoms with Gasteiger partial charge in [0.05, 0.1) is 12.6 Å². The normalized spacial score (nSPS) is 27.8. The van der Waals surface area contributed by atoms with Crippen LogP contribution in [0, 0.1) is 5.92 Å². The number of aromatic nitrogens is 1. The summed E-state index contributed by atoms with van der Waals surface area (Å²) in [6.07, 6.45) is -2.44. The zero-order chi connectivity index (χ0) is 17.3. The predicted molar refractivity (Wildman–Crippen MR) is 77.0 cm³/mol. The van der Waals surface area contributed by atoms with Crippen LogP contribution >= 0.6 is 12.2 Å². The fraction of sp³-hybridized carbons (Fsp3) is 0.462. The number of esters is 1. The van der Waals surface area contributed by atoms with E-state index in [9.17, 15) is 23.1 Å². The molecule has 10 heteroatoms. The number of rotatable bonds is 3. The Morgan fingerprint density at radius 2 is 2.26 bits per heavy atom. The molecule has 126 valence electrons. The number of thiocarbonyl (C=S) groups is 1. The van der Waals surface area contributed by atoms with Gasteiger partial charge in [-0.15, -0.1) is 0 Å². The third kappa shape index (κ3) is 3.22. The van der Waals surface area contributed by atoms with Gasteiger partial charge in [0.2, 0.25) is 0 Å². The van der Waals surface area contributed by atoms with Gasteiger partial charge in [-0.2, -0.15) is 13.2 Å². The Morgan fingerprint density at radius 3 is 2.78 bits per heavy atom. The number of pyridine rings is 1. The van der Waals surface area contributed by atoms with E-state index in [2.05, 4.69) is 10.3 Å². The Labute approximate surface area is 135 Å². The minimum absolute atomic E-state index is 0.131. The SMILES string of the molecule is CCOC(=O)[C@@H]1[C@@H](c2cccnc2)NC(=S)N[C@]1(O)C(F)(F)F. The molecule has 2 heterocycles. The van der Waals surface area contributed by atoms with E-state index in [4.69, 9.17) is 17.0 Å². The molecule has 1 saturated heterocycles. The number of alkyl halides is 3. The molecule has 0 amide bonds. The monoisotopic (exact) mass is 349 g/mol. The molecule has 0 aromatic carbocycles. The van der Waals surface area contributed by atoms with Crippen LogP contribution in [0.2, 0.25) is 0 Å². The minimum Gasteiger partial charge on any atom is -0.466 e. The number of ether oxygens (including phenoxy) is 1. The summed E-state index contributed by atoms with van der Waals surface area (Å²) in [5.41, 5.74) is -3.29. The third-order valence-corrected chi connectivity index (χ3v) is 3.61. The van der Waals surface area contributed by atoms with E-state index in [1.807, 2.05) is 0 Å². The Balaban J connectivity index is 2.54. The molecule has 1 aliphatic heterocycles. The zero-order valence-corrected chi connectivity index (χ0v) is 12.7. The molecule has 1 aromatic heterocycles. The van der Waals surface area contributed by atoms with Crippen molar-refractivity contribution in [3.05, 3.63) is 30.1 Å². The molecule has 0 aliphatic carbocycles. The molecule has 6 nitrogen and oxygen atoms in total. The first-order valence-electron chi connectivity index (χ1n) is 6.65. The van der Waals surface area contributed by atoms with Crippen LogP contribution in [0.4, 0.5) is 13.2 Å². The third-order valence-electron chi connectivity index (χ3n) is 3.39. The summed E-state index contributed by atoms with van der Waals surface area (Å²) in [6.45, 7) is 1.32. The van der Waals surface area contributed by atoms with Gasteiger partial charge in [0.25, 0.3) is 5.72 Å². The summed E-state index contributed by atoms with van der Waals surface area (Å²) in [5, 5.41) is 14.1. The zero-order valence-electron chi connectivity index (χ0n) is 11.9. The number of nitrogens with one attached hydrogen (secondary N) is 2. The van der Waals surface area contributed by atoms with Crippen LogP contribution in [0.5, 0.6) is 0 Å². The number of hydrogen-bond donors (Lipinski definition) is 3. The second kappa shape index (κ2) is 6.28. The highest BCUT2D eigenvalue weighted by Gasteiger charge is 2.66. The van der Waals surface area contributed by atoms with Crippen LogP contribution in [0.25, 0.3) is 0 Å². The van der Waals surface area contributed by atoms with Crippen LogP contribution in [0.15, 0.2) is 24.5 Å². The first-order valence-corrected chi connectivity index (χ1v) is 7.06. The van der Waals surface area contributed by atoms with Crippen molar-refractivity contribution < 1.29 is 27.8 Å². The molecule has 0 bridgehead atoms. The van der Waals surface area contributed by atoms with Gasteiger partial charge in [0.15, 0.2) is 5.11 Å². The second-order valence-corrected chi connectivity index (χ2v) is 5.26. The van der Waals surface area contributed by atoms with Crippen LogP contribution < -0.4 is 10.6 Å². The summed E-state index contributed by atoms with van der Waals surface area (Å²) in [4.78, 5) is 15.9. The molecule has 1 aliphatic rings. The lowest BCUT2D eigenvalue weighted by atomic mass is 9.82. The van der Waals surface area contributed by atoms with Gasteiger partial charge in [0.1, 0.15) is 5.92 Å². The van der Waals surface area contributed by atoms with Gasteiger partial charge >= 0.3 is 12.1 Å². The Morgan fingerprint density at radius 1 is 1.57 bits per heavy atom.